The van der Waals surface area contributed by atoms with E-state index in [1.807, 2.05) is 42.5 Å². The number of rotatable bonds is 11. The summed E-state index contributed by atoms with van der Waals surface area (Å²) in [4.78, 5) is 12.5. The van der Waals surface area contributed by atoms with Crippen molar-refractivity contribution < 1.29 is 4.79 Å². The number of nitrogens with zero attached hydrogens (tertiary/aromatic N) is 3. The first-order valence-electron chi connectivity index (χ1n) is 10.7. The normalized spacial score (nSPS) is 10.9. The van der Waals surface area contributed by atoms with Crippen molar-refractivity contribution in [1.29, 1.82) is 0 Å². The monoisotopic (exact) mass is 422 g/mol. The molecule has 3 aromatic rings. The maximum atomic E-state index is 12.5. The van der Waals surface area contributed by atoms with Gasteiger partial charge in [-0.3, -0.25) is 4.79 Å². The number of aromatic nitrogens is 3. The molecule has 1 aromatic heterocycles. The minimum Gasteiger partial charge on any atom is -0.325 e. The van der Waals surface area contributed by atoms with Gasteiger partial charge in [0.15, 0.2) is 11.0 Å². The molecule has 0 atom stereocenters. The van der Waals surface area contributed by atoms with Gasteiger partial charge in [0, 0.05) is 17.8 Å². The number of unbranched alkanes of at least 4 members (excludes halogenated alkanes) is 2. The molecule has 1 heterocycles. The number of carbonyl (C=O) groups is 1. The van der Waals surface area contributed by atoms with Crippen molar-refractivity contribution in [2.24, 2.45) is 0 Å². The zero-order valence-corrected chi connectivity index (χ0v) is 18.6. The molecule has 0 fully saturated rings. The fourth-order valence-electron chi connectivity index (χ4n) is 3.18. The van der Waals surface area contributed by atoms with Gasteiger partial charge in [0.2, 0.25) is 5.91 Å². The lowest BCUT2D eigenvalue weighted by Crippen LogP contribution is -2.14. The van der Waals surface area contributed by atoms with Crippen molar-refractivity contribution >= 4 is 23.4 Å². The zero-order chi connectivity index (χ0) is 21.2. The Morgan fingerprint density at radius 2 is 1.70 bits per heavy atom. The highest BCUT2D eigenvalue weighted by molar-refractivity contribution is 7.99. The van der Waals surface area contributed by atoms with Crippen LogP contribution < -0.4 is 5.32 Å². The van der Waals surface area contributed by atoms with E-state index in [0.29, 0.717) is 5.75 Å². The Balaban J connectivity index is 1.62. The summed E-state index contributed by atoms with van der Waals surface area (Å²) in [6.45, 7) is 5.20. The molecule has 158 valence electrons. The van der Waals surface area contributed by atoms with Gasteiger partial charge in [-0.15, -0.1) is 10.2 Å². The van der Waals surface area contributed by atoms with Crippen molar-refractivity contribution in [1.82, 2.24) is 14.8 Å². The molecule has 0 bridgehead atoms. The third-order valence-electron chi connectivity index (χ3n) is 4.87. The number of thioether (sulfide) groups is 1. The van der Waals surface area contributed by atoms with Gasteiger partial charge < -0.3 is 9.88 Å². The summed E-state index contributed by atoms with van der Waals surface area (Å²) < 4.78 is 2.12. The van der Waals surface area contributed by atoms with E-state index < -0.39 is 0 Å². The topological polar surface area (TPSA) is 59.8 Å². The van der Waals surface area contributed by atoms with Crippen LogP contribution in [0.1, 0.15) is 45.1 Å². The van der Waals surface area contributed by atoms with Crippen molar-refractivity contribution in [2.45, 2.75) is 57.7 Å². The number of aryl methyl sites for hydroxylation is 1. The van der Waals surface area contributed by atoms with E-state index in [0.717, 1.165) is 48.0 Å². The molecule has 0 unspecified atom stereocenters. The first-order chi connectivity index (χ1) is 14.7. The van der Waals surface area contributed by atoms with E-state index >= 15 is 0 Å². The molecule has 6 heteroatoms. The molecular weight excluding hydrogens is 392 g/mol. The summed E-state index contributed by atoms with van der Waals surface area (Å²) in [6, 6.07) is 18.2. The first kappa shape index (κ1) is 22.1. The fourth-order valence-corrected chi connectivity index (χ4v) is 3.94. The van der Waals surface area contributed by atoms with Crippen molar-refractivity contribution in [2.75, 3.05) is 11.1 Å². The quantitative estimate of drug-likeness (QED) is 0.396. The highest BCUT2D eigenvalue weighted by atomic mass is 32.2. The second-order valence-electron chi connectivity index (χ2n) is 7.31. The largest absolute Gasteiger partial charge is 0.325 e. The van der Waals surface area contributed by atoms with Crippen LogP contribution in [0.4, 0.5) is 5.69 Å². The molecule has 0 aliphatic heterocycles. The van der Waals surface area contributed by atoms with Crippen LogP contribution in [0, 0.1) is 0 Å². The molecule has 0 saturated carbocycles. The molecule has 1 N–H and O–H groups in total. The standard InChI is InChI=1S/C24H30N4OS/c1-3-5-10-19-13-15-21(16-14-19)25-22(29)18-30-24-27-26-23(28(24)17-6-4-2)20-11-8-7-9-12-20/h7-9,11-16H,3-6,10,17-18H2,1-2H3,(H,25,29). The number of amides is 1. The molecular formula is C24H30N4OS. The average Bonchev–Trinajstić information content (AvgIpc) is 3.19. The zero-order valence-electron chi connectivity index (χ0n) is 17.8. The van der Waals surface area contributed by atoms with Crippen LogP contribution in [0.15, 0.2) is 59.8 Å². The molecule has 0 saturated heterocycles. The smallest absolute Gasteiger partial charge is 0.234 e. The van der Waals surface area contributed by atoms with E-state index in [4.69, 9.17) is 0 Å². The number of hydrogen-bond acceptors (Lipinski definition) is 4. The summed E-state index contributed by atoms with van der Waals surface area (Å²) in [5.74, 6) is 1.12. The van der Waals surface area contributed by atoms with Crippen LogP contribution in [0.3, 0.4) is 0 Å². The highest BCUT2D eigenvalue weighted by Crippen LogP contribution is 2.24. The minimum atomic E-state index is -0.0346. The van der Waals surface area contributed by atoms with Crippen molar-refractivity contribution in [3.05, 3.63) is 60.2 Å². The van der Waals surface area contributed by atoms with Gasteiger partial charge in [0.1, 0.15) is 0 Å². The lowest BCUT2D eigenvalue weighted by Gasteiger charge is -2.10. The molecule has 3 rings (SSSR count). The maximum Gasteiger partial charge on any atom is 0.234 e. The first-order valence-corrected chi connectivity index (χ1v) is 11.7. The molecule has 5 nitrogen and oxygen atoms in total. The van der Waals surface area contributed by atoms with Gasteiger partial charge in [-0.2, -0.15) is 0 Å². The Kier molecular flexibility index (Phi) is 8.51. The maximum absolute atomic E-state index is 12.5. The number of hydrogen-bond donors (Lipinski definition) is 1. The van der Waals surface area contributed by atoms with E-state index in [1.54, 1.807) is 0 Å². The van der Waals surface area contributed by atoms with Crippen molar-refractivity contribution in [3.8, 4) is 11.4 Å². The number of carbonyl (C=O) groups excluding carboxylic acids is 1. The second kappa shape index (κ2) is 11.6. The Labute approximate surface area is 183 Å². The molecule has 0 aliphatic carbocycles. The van der Waals surface area contributed by atoms with Gasteiger partial charge in [-0.05, 0) is 37.0 Å². The van der Waals surface area contributed by atoms with E-state index in [9.17, 15) is 4.79 Å². The molecule has 0 aliphatic rings. The molecule has 0 spiro atoms. The molecule has 2 aromatic carbocycles. The predicted octanol–water partition coefficient (Wildman–Crippen LogP) is 5.82. The molecule has 1 amide bonds. The SMILES string of the molecule is CCCCc1ccc(NC(=O)CSc2nnc(-c3ccccc3)n2CCCC)cc1. The van der Waals surface area contributed by atoms with E-state index in [2.05, 4.69) is 46.1 Å². The van der Waals surface area contributed by atoms with Crippen LogP contribution in [0.2, 0.25) is 0 Å². The number of benzene rings is 2. The predicted molar refractivity (Wildman–Crippen MR) is 125 cm³/mol. The average molecular weight is 423 g/mol. The molecule has 0 radical (unpaired) electrons. The van der Waals surface area contributed by atoms with Crippen LogP contribution in [-0.4, -0.2) is 26.4 Å². The van der Waals surface area contributed by atoms with Gasteiger partial charge >= 0.3 is 0 Å². The summed E-state index contributed by atoms with van der Waals surface area (Å²) >= 11 is 1.43. The summed E-state index contributed by atoms with van der Waals surface area (Å²) in [5.41, 5.74) is 3.18. The number of nitrogens with one attached hydrogen (secondary N) is 1. The Hall–Kier alpha value is -2.60. The van der Waals surface area contributed by atoms with Gasteiger partial charge in [-0.1, -0.05) is 80.9 Å². The third kappa shape index (κ3) is 6.20. The summed E-state index contributed by atoms with van der Waals surface area (Å²) in [6.07, 6.45) is 5.58. The Morgan fingerprint density at radius 1 is 0.967 bits per heavy atom. The minimum absolute atomic E-state index is 0.0346. The number of anilines is 1. The van der Waals surface area contributed by atoms with Crippen LogP contribution in [-0.2, 0) is 17.8 Å². The lowest BCUT2D eigenvalue weighted by atomic mass is 10.1. The Morgan fingerprint density at radius 3 is 2.40 bits per heavy atom. The van der Waals surface area contributed by atoms with Gasteiger partial charge in [-0.25, -0.2) is 0 Å². The molecule has 30 heavy (non-hydrogen) atoms. The summed E-state index contributed by atoms with van der Waals surface area (Å²) in [5, 5.41) is 12.5. The van der Waals surface area contributed by atoms with Crippen LogP contribution in [0.5, 0.6) is 0 Å². The van der Waals surface area contributed by atoms with E-state index in [1.165, 1.54) is 30.2 Å². The Bertz CT molecular complexity index is 922. The lowest BCUT2D eigenvalue weighted by molar-refractivity contribution is -0.113. The third-order valence-corrected chi connectivity index (χ3v) is 5.84. The highest BCUT2D eigenvalue weighted by Gasteiger charge is 2.15. The summed E-state index contributed by atoms with van der Waals surface area (Å²) in [7, 11) is 0. The van der Waals surface area contributed by atoms with E-state index in [-0.39, 0.29) is 5.91 Å². The van der Waals surface area contributed by atoms with Crippen LogP contribution >= 0.6 is 11.8 Å². The van der Waals surface area contributed by atoms with Gasteiger partial charge in [0.25, 0.3) is 0 Å². The van der Waals surface area contributed by atoms with Crippen molar-refractivity contribution in [3.63, 3.8) is 0 Å². The van der Waals surface area contributed by atoms with Gasteiger partial charge in [0.05, 0.1) is 5.75 Å². The second-order valence-corrected chi connectivity index (χ2v) is 8.26. The van der Waals surface area contributed by atoms with Crippen LogP contribution in [0.25, 0.3) is 11.4 Å². The fraction of sp³-hybridized carbons (Fsp3) is 0.375.